The minimum absolute atomic E-state index is 0.0154. The molecule has 0 amide bonds. The van der Waals surface area contributed by atoms with Gasteiger partial charge in [0.15, 0.2) is 11.5 Å². The summed E-state index contributed by atoms with van der Waals surface area (Å²) >= 11 is 0. The molecule has 2 aromatic carbocycles. The molecule has 5 heteroatoms. The maximum atomic E-state index is 10.5. The van der Waals surface area contributed by atoms with Gasteiger partial charge in [0.05, 0.1) is 7.11 Å². The standard InChI is InChI=1S/C18H18O5/c1-18(19)9-14(11-4-3-5-12(6-11)20-2)13-7-16-17(22-10-21-16)8-15(13)23-18/h3-8,14,19H,9-10H2,1-2H3. The van der Waals surface area contributed by atoms with Crippen molar-refractivity contribution in [2.24, 2.45) is 0 Å². The van der Waals surface area contributed by atoms with E-state index >= 15 is 0 Å². The van der Waals surface area contributed by atoms with Crippen molar-refractivity contribution in [3.8, 4) is 23.0 Å². The zero-order valence-electron chi connectivity index (χ0n) is 13.0. The second-order valence-corrected chi connectivity index (χ2v) is 6.05. The van der Waals surface area contributed by atoms with Crippen LogP contribution in [0.2, 0.25) is 0 Å². The van der Waals surface area contributed by atoms with Crippen LogP contribution in [0, 0.1) is 0 Å². The highest BCUT2D eigenvalue weighted by molar-refractivity contribution is 5.56. The summed E-state index contributed by atoms with van der Waals surface area (Å²) in [6.45, 7) is 1.88. The highest BCUT2D eigenvalue weighted by Gasteiger charge is 2.38. The third-order valence-corrected chi connectivity index (χ3v) is 4.29. The lowest BCUT2D eigenvalue weighted by Crippen LogP contribution is -2.38. The van der Waals surface area contributed by atoms with Crippen LogP contribution in [0.3, 0.4) is 0 Å². The number of hydrogen-bond acceptors (Lipinski definition) is 5. The first-order valence-electron chi connectivity index (χ1n) is 7.55. The smallest absolute Gasteiger partial charge is 0.231 e. The minimum Gasteiger partial charge on any atom is -0.497 e. The number of hydrogen-bond donors (Lipinski definition) is 1. The number of fused-ring (bicyclic) bond motifs is 2. The topological polar surface area (TPSA) is 57.2 Å². The highest BCUT2D eigenvalue weighted by Crippen LogP contribution is 2.49. The summed E-state index contributed by atoms with van der Waals surface area (Å²) in [5, 5.41) is 10.5. The van der Waals surface area contributed by atoms with Crippen LogP contribution in [0.15, 0.2) is 36.4 Å². The second-order valence-electron chi connectivity index (χ2n) is 6.05. The Bertz CT molecular complexity index is 753. The van der Waals surface area contributed by atoms with Crippen LogP contribution < -0.4 is 18.9 Å². The molecule has 0 bridgehead atoms. The summed E-state index contributed by atoms with van der Waals surface area (Å²) in [7, 11) is 1.64. The fraction of sp³-hybridized carbons (Fsp3) is 0.333. The Labute approximate surface area is 134 Å². The van der Waals surface area contributed by atoms with Gasteiger partial charge in [0.2, 0.25) is 12.6 Å². The molecule has 0 fully saturated rings. The van der Waals surface area contributed by atoms with Gasteiger partial charge in [0.1, 0.15) is 11.5 Å². The Hall–Kier alpha value is -2.40. The molecule has 0 aliphatic carbocycles. The summed E-state index contributed by atoms with van der Waals surface area (Å²) in [5.74, 6) is 1.51. The maximum absolute atomic E-state index is 10.5. The van der Waals surface area contributed by atoms with Gasteiger partial charge in [-0.15, -0.1) is 0 Å². The van der Waals surface area contributed by atoms with Crippen molar-refractivity contribution in [3.05, 3.63) is 47.5 Å². The second kappa shape index (κ2) is 5.06. The summed E-state index contributed by atoms with van der Waals surface area (Å²) in [6.07, 6.45) is 0.451. The molecule has 2 heterocycles. The summed E-state index contributed by atoms with van der Waals surface area (Å²) in [5.41, 5.74) is 2.04. The van der Waals surface area contributed by atoms with Gasteiger partial charge in [-0.25, -0.2) is 0 Å². The van der Waals surface area contributed by atoms with Crippen LogP contribution in [0.5, 0.6) is 23.0 Å². The zero-order chi connectivity index (χ0) is 16.0. The van der Waals surface area contributed by atoms with Gasteiger partial charge in [-0.2, -0.15) is 0 Å². The fourth-order valence-electron chi connectivity index (χ4n) is 3.22. The summed E-state index contributed by atoms with van der Waals surface area (Å²) in [4.78, 5) is 0. The van der Waals surface area contributed by atoms with Crippen molar-refractivity contribution in [2.45, 2.75) is 25.0 Å². The van der Waals surface area contributed by atoms with E-state index in [4.69, 9.17) is 18.9 Å². The molecule has 2 aromatic rings. The largest absolute Gasteiger partial charge is 0.497 e. The van der Waals surface area contributed by atoms with E-state index in [-0.39, 0.29) is 12.7 Å². The molecule has 0 radical (unpaired) electrons. The number of methoxy groups -OCH3 is 1. The first kappa shape index (κ1) is 14.2. The van der Waals surface area contributed by atoms with Crippen molar-refractivity contribution < 1.29 is 24.1 Å². The van der Waals surface area contributed by atoms with E-state index in [9.17, 15) is 5.11 Å². The van der Waals surface area contributed by atoms with Gasteiger partial charge in [0, 0.05) is 30.9 Å². The summed E-state index contributed by atoms with van der Waals surface area (Å²) < 4.78 is 21.9. The molecule has 5 nitrogen and oxygen atoms in total. The molecule has 0 spiro atoms. The molecule has 1 N–H and O–H groups in total. The third-order valence-electron chi connectivity index (χ3n) is 4.29. The molecule has 2 atom stereocenters. The molecule has 2 aliphatic heterocycles. The van der Waals surface area contributed by atoms with Crippen molar-refractivity contribution in [2.75, 3.05) is 13.9 Å². The van der Waals surface area contributed by atoms with E-state index in [1.54, 1.807) is 20.1 Å². The van der Waals surface area contributed by atoms with Gasteiger partial charge in [-0.3, -0.25) is 0 Å². The number of benzene rings is 2. The van der Waals surface area contributed by atoms with Gasteiger partial charge < -0.3 is 24.1 Å². The monoisotopic (exact) mass is 314 g/mol. The van der Waals surface area contributed by atoms with E-state index in [1.165, 1.54) is 0 Å². The molecule has 120 valence electrons. The first-order valence-corrected chi connectivity index (χ1v) is 7.55. The molecular formula is C18H18O5. The van der Waals surface area contributed by atoms with Gasteiger partial charge in [-0.1, -0.05) is 12.1 Å². The SMILES string of the molecule is COc1cccc(C2CC(C)(O)Oc3cc4c(cc32)OCO4)c1. The average molecular weight is 314 g/mol. The predicted molar refractivity (Wildman–Crippen MR) is 83.3 cm³/mol. The molecule has 23 heavy (non-hydrogen) atoms. The van der Waals surface area contributed by atoms with E-state index in [0.29, 0.717) is 23.7 Å². The van der Waals surface area contributed by atoms with Crippen molar-refractivity contribution in [3.63, 3.8) is 0 Å². The normalized spacial score (nSPS) is 24.7. The van der Waals surface area contributed by atoms with E-state index in [1.807, 2.05) is 30.3 Å². The highest BCUT2D eigenvalue weighted by atomic mass is 16.7. The maximum Gasteiger partial charge on any atom is 0.231 e. The van der Waals surface area contributed by atoms with Crippen LogP contribution in [-0.4, -0.2) is 24.8 Å². The Balaban J connectivity index is 1.84. The van der Waals surface area contributed by atoms with E-state index in [2.05, 4.69) is 0 Å². The Kier molecular flexibility index (Phi) is 3.13. The van der Waals surface area contributed by atoms with E-state index < -0.39 is 5.79 Å². The molecule has 2 unspecified atom stereocenters. The average Bonchev–Trinajstić information content (AvgIpc) is 2.98. The minimum atomic E-state index is -1.24. The van der Waals surface area contributed by atoms with Crippen molar-refractivity contribution in [1.29, 1.82) is 0 Å². The van der Waals surface area contributed by atoms with E-state index in [0.717, 1.165) is 16.9 Å². The molecule has 4 rings (SSSR count). The van der Waals surface area contributed by atoms with Crippen molar-refractivity contribution in [1.82, 2.24) is 0 Å². The third kappa shape index (κ3) is 2.47. The predicted octanol–water partition coefficient (Wildman–Crippen LogP) is 3.05. The molecule has 2 aliphatic rings. The molecule has 0 saturated carbocycles. The van der Waals surface area contributed by atoms with Gasteiger partial charge >= 0.3 is 0 Å². The Morgan fingerprint density at radius 1 is 1.13 bits per heavy atom. The van der Waals surface area contributed by atoms with Crippen LogP contribution >= 0.6 is 0 Å². The summed E-state index contributed by atoms with van der Waals surface area (Å²) in [6, 6.07) is 11.6. The van der Waals surface area contributed by atoms with Gasteiger partial charge in [-0.05, 0) is 23.8 Å². The number of aliphatic hydroxyl groups is 1. The lowest BCUT2D eigenvalue weighted by atomic mass is 9.83. The van der Waals surface area contributed by atoms with Crippen LogP contribution in [-0.2, 0) is 0 Å². The molecule has 0 saturated heterocycles. The Morgan fingerprint density at radius 3 is 2.70 bits per heavy atom. The Morgan fingerprint density at radius 2 is 1.91 bits per heavy atom. The first-order chi connectivity index (χ1) is 11.1. The number of ether oxygens (including phenoxy) is 4. The zero-order valence-corrected chi connectivity index (χ0v) is 13.0. The van der Waals surface area contributed by atoms with Crippen LogP contribution in [0.25, 0.3) is 0 Å². The lowest BCUT2D eigenvalue weighted by molar-refractivity contribution is -0.137. The quantitative estimate of drug-likeness (QED) is 0.923. The number of rotatable bonds is 2. The van der Waals surface area contributed by atoms with Gasteiger partial charge in [0.25, 0.3) is 0 Å². The van der Waals surface area contributed by atoms with Crippen LogP contribution in [0.1, 0.15) is 30.4 Å². The van der Waals surface area contributed by atoms with Crippen molar-refractivity contribution >= 4 is 0 Å². The van der Waals surface area contributed by atoms with Crippen LogP contribution in [0.4, 0.5) is 0 Å². The lowest BCUT2D eigenvalue weighted by Gasteiger charge is -2.36. The fourth-order valence-corrected chi connectivity index (χ4v) is 3.22. The molecule has 0 aromatic heterocycles. The molecular weight excluding hydrogens is 296 g/mol.